The van der Waals surface area contributed by atoms with Crippen molar-refractivity contribution in [2.75, 3.05) is 26.2 Å². The van der Waals surface area contributed by atoms with Gasteiger partial charge in [0.25, 0.3) is 0 Å². The molecule has 0 saturated carbocycles. The SMILES string of the molecule is O=C(CN1CCC[C@H](Cn2cncn2)C1)N1CCc2ccccc2C1. The third-order valence-corrected chi connectivity index (χ3v) is 5.36. The first-order valence-electron chi connectivity index (χ1n) is 9.17. The summed E-state index contributed by atoms with van der Waals surface area (Å²) < 4.78 is 1.90. The summed E-state index contributed by atoms with van der Waals surface area (Å²) in [7, 11) is 0. The van der Waals surface area contributed by atoms with Gasteiger partial charge in [0.2, 0.25) is 5.91 Å². The maximum absolute atomic E-state index is 12.8. The van der Waals surface area contributed by atoms with Crippen molar-refractivity contribution in [1.82, 2.24) is 24.6 Å². The van der Waals surface area contributed by atoms with Crippen LogP contribution in [0.15, 0.2) is 36.9 Å². The molecule has 1 aromatic heterocycles. The number of amides is 1. The molecule has 0 bridgehead atoms. The largest absolute Gasteiger partial charge is 0.337 e. The zero-order chi connectivity index (χ0) is 17.1. The minimum absolute atomic E-state index is 0.260. The molecule has 0 unspecified atom stereocenters. The monoisotopic (exact) mass is 339 g/mol. The van der Waals surface area contributed by atoms with Crippen molar-refractivity contribution >= 4 is 5.91 Å². The van der Waals surface area contributed by atoms with Crippen molar-refractivity contribution in [3.63, 3.8) is 0 Å². The van der Waals surface area contributed by atoms with Gasteiger partial charge in [-0.2, -0.15) is 5.10 Å². The lowest BCUT2D eigenvalue weighted by atomic mass is 9.97. The predicted octanol–water partition coefficient (Wildman–Crippen LogP) is 1.57. The van der Waals surface area contributed by atoms with E-state index in [0.717, 1.165) is 45.6 Å². The molecule has 2 aromatic rings. The first kappa shape index (κ1) is 16.3. The Hall–Kier alpha value is -2.21. The maximum Gasteiger partial charge on any atom is 0.237 e. The summed E-state index contributed by atoms with van der Waals surface area (Å²) in [5.41, 5.74) is 2.68. The molecule has 2 aliphatic heterocycles. The van der Waals surface area contributed by atoms with Crippen LogP contribution < -0.4 is 0 Å². The van der Waals surface area contributed by atoms with Crippen LogP contribution >= 0.6 is 0 Å². The highest BCUT2D eigenvalue weighted by molar-refractivity contribution is 5.78. The van der Waals surface area contributed by atoms with Crippen molar-refractivity contribution in [3.8, 4) is 0 Å². The quantitative estimate of drug-likeness (QED) is 0.849. The van der Waals surface area contributed by atoms with E-state index in [0.29, 0.717) is 12.5 Å². The molecule has 0 aliphatic carbocycles. The van der Waals surface area contributed by atoms with E-state index in [4.69, 9.17) is 0 Å². The number of nitrogens with zero attached hydrogens (tertiary/aromatic N) is 5. The second-order valence-electron chi connectivity index (χ2n) is 7.19. The van der Waals surface area contributed by atoms with Crippen LogP contribution in [0.4, 0.5) is 0 Å². The van der Waals surface area contributed by atoms with Gasteiger partial charge >= 0.3 is 0 Å². The fourth-order valence-corrected chi connectivity index (χ4v) is 4.04. The van der Waals surface area contributed by atoms with Gasteiger partial charge in [0.15, 0.2) is 0 Å². The Kier molecular flexibility index (Phi) is 4.78. The summed E-state index contributed by atoms with van der Waals surface area (Å²) in [6.07, 6.45) is 6.67. The molecule has 1 aromatic carbocycles. The second-order valence-corrected chi connectivity index (χ2v) is 7.19. The number of piperidine rings is 1. The molecule has 0 N–H and O–H groups in total. The third kappa shape index (κ3) is 3.90. The Morgan fingerprint density at radius 3 is 2.92 bits per heavy atom. The molecule has 0 radical (unpaired) electrons. The minimum Gasteiger partial charge on any atom is -0.337 e. The zero-order valence-corrected chi connectivity index (χ0v) is 14.5. The molecule has 1 fully saturated rings. The maximum atomic E-state index is 12.8. The van der Waals surface area contributed by atoms with Gasteiger partial charge in [-0.3, -0.25) is 14.4 Å². The van der Waals surface area contributed by atoms with Gasteiger partial charge in [-0.15, -0.1) is 0 Å². The lowest BCUT2D eigenvalue weighted by molar-refractivity contribution is -0.133. The van der Waals surface area contributed by atoms with Crippen molar-refractivity contribution in [2.24, 2.45) is 5.92 Å². The molecule has 132 valence electrons. The molecular weight excluding hydrogens is 314 g/mol. The van der Waals surface area contributed by atoms with Crippen LogP contribution in [-0.4, -0.2) is 56.7 Å². The average molecular weight is 339 g/mol. The molecular formula is C19H25N5O. The number of hydrogen-bond donors (Lipinski definition) is 0. The first-order valence-corrected chi connectivity index (χ1v) is 9.17. The fourth-order valence-electron chi connectivity index (χ4n) is 4.04. The highest BCUT2D eigenvalue weighted by atomic mass is 16.2. The third-order valence-electron chi connectivity index (χ3n) is 5.36. The number of rotatable bonds is 4. The summed E-state index contributed by atoms with van der Waals surface area (Å²) in [5, 5.41) is 4.20. The minimum atomic E-state index is 0.260. The van der Waals surface area contributed by atoms with Crippen LogP contribution in [0, 0.1) is 5.92 Å². The van der Waals surface area contributed by atoms with E-state index in [1.165, 1.54) is 17.5 Å². The Morgan fingerprint density at radius 2 is 2.08 bits per heavy atom. The average Bonchev–Trinajstić information content (AvgIpc) is 3.14. The Morgan fingerprint density at radius 1 is 1.20 bits per heavy atom. The van der Waals surface area contributed by atoms with Crippen LogP contribution in [0.3, 0.4) is 0 Å². The summed E-state index contributed by atoms with van der Waals surface area (Å²) in [6.45, 7) is 5.01. The molecule has 25 heavy (non-hydrogen) atoms. The fraction of sp³-hybridized carbons (Fsp3) is 0.526. The van der Waals surface area contributed by atoms with E-state index in [1.54, 1.807) is 12.7 Å². The standard InChI is InChI=1S/C19H25N5O/c25-19(23-9-7-17-5-1-2-6-18(17)12-23)13-22-8-3-4-16(10-22)11-24-15-20-14-21-24/h1-2,5-6,14-16H,3-4,7-13H2/t16-/m0/s1. The van der Waals surface area contributed by atoms with Gasteiger partial charge < -0.3 is 4.90 Å². The van der Waals surface area contributed by atoms with Crippen LogP contribution in [0.1, 0.15) is 24.0 Å². The van der Waals surface area contributed by atoms with E-state index in [9.17, 15) is 4.79 Å². The van der Waals surface area contributed by atoms with Gasteiger partial charge in [0, 0.05) is 26.2 Å². The van der Waals surface area contributed by atoms with Crippen molar-refractivity contribution in [2.45, 2.75) is 32.4 Å². The van der Waals surface area contributed by atoms with Crippen molar-refractivity contribution in [3.05, 3.63) is 48.0 Å². The van der Waals surface area contributed by atoms with Crippen LogP contribution in [-0.2, 0) is 24.3 Å². The van der Waals surface area contributed by atoms with E-state index < -0.39 is 0 Å². The van der Waals surface area contributed by atoms with Crippen molar-refractivity contribution < 1.29 is 4.79 Å². The van der Waals surface area contributed by atoms with Crippen LogP contribution in [0.25, 0.3) is 0 Å². The molecule has 6 heteroatoms. The van der Waals surface area contributed by atoms with E-state index >= 15 is 0 Å². The molecule has 1 amide bonds. The second kappa shape index (κ2) is 7.35. The van der Waals surface area contributed by atoms with Gasteiger partial charge in [0.1, 0.15) is 12.7 Å². The Labute approximate surface area is 148 Å². The molecule has 0 spiro atoms. The number of hydrogen-bond acceptors (Lipinski definition) is 4. The van der Waals surface area contributed by atoms with Gasteiger partial charge in [-0.25, -0.2) is 4.98 Å². The number of carbonyl (C=O) groups excluding carboxylic acids is 1. The van der Waals surface area contributed by atoms with Crippen LogP contribution in [0.2, 0.25) is 0 Å². The molecule has 4 rings (SSSR count). The predicted molar refractivity (Wildman–Crippen MR) is 94.7 cm³/mol. The summed E-state index contributed by atoms with van der Waals surface area (Å²) in [4.78, 5) is 21.1. The van der Waals surface area contributed by atoms with Gasteiger partial charge in [-0.05, 0) is 42.9 Å². The normalized spacial score (nSPS) is 21.1. The van der Waals surface area contributed by atoms with Crippen molar-refractivity contribution in [1.29, 1.82) is 0 Å². The number of likely N-dealkylation sites (tertiary alicyclic amines) is 1. The molecule has 3 heterocycles. The lowest BCUT2D eigenvalue weighted by Crippen LogP contribution is -2.46. The highest BCUT2D eigenvalue weighted by Crippen LogP contribution is 2.21. The zero-order valence-electron chi connectivity index (χ0n) is 14.5. The van der Waals surface area contributed by atoms with E-state index in [2.05, 4.69) is 39.2 Å². The molecule has 6 nitrogen and oxygen atoms in total. The Balaban J connectivity index is 1.32. The number of carbonyl (C=O) groups is 1. The van der Waals surface area contributed by atoms with Gasteiger partial charge in [-0.1, -0.05) is 24.3 Å². The Bertz CT molecular complexity index is 714. The summed E-state index contributed by atoms with van der Waals surface area (Å²) >= 11 is 0. The summed E-state index contributed by atoms with van der Waals surface area (Å²) in [5.74, 6) is 0.807. The lowest BCUT2D eigenvalue weighted by Gasteiger charge is -2.35. The molecule has 1 saturated heterocycles. The molecule has 2 aliphatic rings. The van der Waals surface area contributed by atoms with E-state index in [1.807, 2.05) is 9.58 Å². The number of benzene rings is 1. The number of fused-ring (bicyclic) bond motifs is 1. The van der Waals surface area contributed by atoms with Crippen LogP contribution in [0.5, 0.6) is 0 Å². The summed E-state index contributed by atoms with van der Waals surface area (Å²) in [6, 6.07) is 8.46. The first-order chi connectivity index (χ1) is 12.3. The van der Waals surface area contributed by atoms with Gasteiger partial charge in [0.05, 0.1) is 6.54 Å². The smallest absolute Gasteiger partial charge is 0.237 e. The highest BCUT2D eigenvalue weighted by Gasteiger charge is 2.26. The number of aromatic nitrogens is 3. The molecule has 1 atom stereocenters. The van der Waals surface area contributed by atoms with E-state index in [-0.39, 0.29) is 5.91 Å². The topological polar surface area (TPSA) is 54.3 Å².